The van der Waals surface area contributed by atoms with Gasteiger partial charge in [0.2, 0.25) is 0 Å². The summed E-state index contributed by atoms with van der Waals surface area (Å²) in [5.74, 6) is 0. The van der Waals surface area contributed by atoms with Gasteiger partial charge in [-0.2, -0.15) is 0 Å². The Hall–Kier alpha value is -3.84. The summed E-state index contributed by atoms with van der Waals surface area (Å²) in [6.07, 6.45) is 0. The van der Waals surface area contributed by atoms with Crippen molar-refractivity contribution in [3.05, 3.63) is 121 Å². The van der Waals surface area contributed by atoms with Gasteiger partial charge in [-0.25, -0.2) is 0 Å². The highest BCUT2D eigenvalue weighted by atomic mass is 15.1. The molecule has 31 heavy (non-hydrogen) atoms. The van der Waals surface area contributed by atoms with E-state index in [2.05, 4.69) is 134 Å². The molecule has 0 amide bonds. The molecule has 0 saturated carbocycles. The molecule has 0 heterocycles. The molecule has 0 saturated heterocycles. The largest absolute Gasteiger partial charge is 0.344 e. The van der Waals surface area contributed by atoms with Crippen LogP contribution in [0.15, 0.2) is 115 Å². The van der Waals surface area contributed by atoms with E-state index in [-0.39, 0.29) is 0 Å². The molecule has 0 fully saturated rings. The molecule has 0 aliphatic carbocycles. The number of para-hydroxylation sites is 1. The molecular weight excluding hydrogens is 374 g/mol. The molecule has 0 unspecified atom stereocenters. The number of rotatable bonds is 4. The van der Waals surface area contributed by atoms with Crippen LogP contribution in [-0.2, 0) is 0 Å². The zero-order chi connectivity index (χ0) is 21.2. The third-order valence-electron chi connectivity index (χ3n) is 5.92. The van der Waals surface area contributed by atoms with Crippen LogP contribution in [0.25, 0.3) is 33.0 Å². The lowest BCUT2D eigenvalue weighted by Crippen LogP contribution is -2.12. The Labute approximate surface area is 184 Å². The van der Waals surface area contributed by atoms with Gasteiger partial charge in [-0.05, 0) is 53.1 Å². The Balaban J connectivity index is 1.65. The number of anilines is 2. The van der Waals surface area contributed by atoms with Gasteiger partial charge in [0.15, 0.2) is 0 Å². The smallest absolute Gasteiger partial charge is 0.0488 e. The number of aryl methyl sites for hydroxylation is 1. The van der Waals surface area contributed by atoms with Crippen LogP contribution in [0, 0.1) is 6.92 Å². The predicted octanol–water partition coefficient (Wildman–Crippen LogP) is 8.25. The average molecular weight is 400 g/mol. The summed E-state index contributed by atoms with van der Waals surface area (Å²) in [4.78, 5) is 2.31. The van der Waals surface area contributed by atoms with E-state index in [1.807, 2.05) is 0 Å². The average Bonchev–Trinajstić information content (AvgIpc) is 2.84. The third kappa shape index (κ3) is 3.71. The number of benzene rings is 5. The van der Waals surface area contributed by atoms with E-state index in [9.17, 15) is 0 Å². The van der Waals surface area contributed by atoms with Crippen LogP contribution < -0.4 is 4.90 Å². The van der Waals surface area contributed by atoms with Crippen LogP contribution in [0.5, 0.6) is 0 Å². The lowest BCUT2D eigenvalue weighted by molar-refractivity contribution is 1.21. The van der Waals surface area contributed by atoms with E-state index >= 15 is 0 Å². The first-order valence-corrected chi connectivity index (χ1v) is 10.7. The molecule has 5 rings (SSSR count). The van der Waals surface area contributed by atoms with Gasteiger partial charge in [-0.1, -0.05) is 96.6 Å². The second kappa shape index (κ2) is 8.12. The quantitative estimate of drug-likeness (QED) is 0.294. The highest BCUT2D eigenvalue weighted by Crippen LogP contribution is 2.39. The maximum atomic E-state index is 2.31. The predicted molar refractivity (Wildman–Crippen MR) is 134 cm³/mol. The van der Waals surface area contributed by atoms with Gasteiger partial charge in [0, 0.05) is 29.5 Å². The molecule has 5 aromatic rings. The van der Waals surface area contributed by atoms with Gasteiger partial charge < -0.3 is 4.90 Å². The molecule has 0 aliphatic heterocycles. The van der Waals surface area contributed by atoms with Crippen molar-refractivity contribution >= 4 is 22.1 Å². The van der Waals surface area contributed by atoms with Gasteiger partial charge in [-0.3, -0.25) is 0 Å². The minimum Gasteiger partial charge on any atom is -0.344 e. The summed E-state index contributed by atoms with van der Waals surface area (Å²) < 4.78 is 0. The molecule has 5 aromatic carbocycles. The first-order chi connectivity index (χ1) is 15.2. The molecule has 0 aliphatic rings. The van der Waals surface area contributed by atoms with Crippen LogP contribution in [0.1, 0.15) is 5.56 Å². The van der Waals surface area contributed by atoms with Crippen LogP contribution in [0.2, 0.25) is 0 Å². The van der Waals surface area contributed by atoms with Crippen LogP contribution in [0.4, 0.5) is 11.4 Å². The first-order valence-electron chi connectivity index (χ1n) is 10.7. The summed E-state index contributed by atoms with van der Waals surface area (Å²) in [5, 5.41) is 2.53. The lowest BCUT2D eigenvalue weighted by atomic mass is 9.97. The van der Waals surface area contributed by atoms with Gasteiger partial charge in [0.1, 0.15) is 0 Å². The van der Waals surface area contributed by atoms with Gasteiger partial charge in [-0.15, -0.1) is 0 Å². The third-order valence-corrected chi connectivity index (χ3v) is 5.92. The highest BCUT2D eigenvalue weighted by molar-refractivity contribution is 5.92. The summed E-state index contributed by atoms with van der Waals surface area (Å²) in [6.45, 7) is 2.16. The molecule has 150 valence electrons. The van der Waals surface area contributed by atoms with Crippen molar-refractivity contribution < 1.29 is 0 Å². The van der Waals surface area contributed by atoms with Gasteiger partial charge in [0.25, 0.3) is 0 Å². The number of nitrogens with zero attached hydrogens (tertiary/aromatic N) is 1. The van der Waals surface area contributed by atoms with Crippen molar-refractivity contribution in [3.63, 3.8) is 0 Å². The van der Waals surface area contributed by atoms with Crippen molar-refractivity contribution in [2.45, 2.75) is 6.92 Å². The topological polar surface area (TPSA) is 3.24 Å². The van der Waals surface area contributed by atoms with E-state index < -0.39 is 0 Å². The molecule has 0 N–H and O–H groups in total. The molecule has 0 bridgehead atoms. The maximum Gasteiger partial charge on any atom is 0.0488 e. The van der Waals surface area contributed by atoms with Crippen LogP contribution in [0.3, 0.4) is 0 Å². The summed E-state index contributed by atoms with van der Waals surface area (Å²) in [6, 6.07) is 41.2. The first kappa shape index (κ1) is 19.1. The Morgan fingerprint density at radius 3 is 2.00 bits per heavy atom. The molecule has 0 radical (unpaired) electrons. The Morgan fingerprint density at radius 2 is 1.16 bits per heavy atom. The van der Waals surface area contributed by atoms with Crippen LogP contribution >= 0.6 is 0 Å². The minimum absolute atomic E-state index is 1.19. The van der Waals surface area contributed by atoms with Crippen molar-refractivity contribution in [2.24, 2.45) is 0 Å². The Bertz CT molecular complexity index is 1350. The van der Waals surface area contributed by atoms with Gasteiger partial charge >= 0.3 is 0 Å². The Kier molecular flexibility index (Phi) is 5.01. The second-order valence-corrected chi connectivity index (χ2v) is 8.02. The fraction of sp³-hybridized carbons (Fsp3) is 0.0667. The monoisotopic (exact) mass is 399 g/mol. The highest BCUT2D eigenvalue weighted by Gasteiger charge is 2.15. The van der Waals surface area contributed by atoms with Crippen molar-refractivity contribution in [1.82, 2.24) is 0 Å². The van der Waals surface area contributed by atoms with Crippen molar-refractivity contribution in [2.75, 3.05) is 11.9 Å². The fourth-order valence-corrected chi connectivity index (χ4v) is 4.29. The van der Waals surface area contributed by atoms with E-state index in [1.54, 1.807) is 0 Å². The van der Waals surface area contributed by atoms with E-state index in [0.717, 1.165) is 0 Å². The van der Waals surface area contributed by atoms with Crippen LogP contribution in [-0.4, -0.2) is 7.05 Å². The molecular formula is C30H25N. The lowest BCUT2D eigenvalue weighted by Gasteiger charge is -2.26. The maximum absolute atomic E-state index is 2.31. The standard InChI is InChI=1S/C30H25N/c1-22-16-19-30(28(20-22)26-18-17-23-10-6-7-13-25(23)21-26)31(2)29-15-9-8-14-27(29)24-11-4-3-5-12-24/h3-21H,1-2H3. The normalized spacial score (nSPS) is 10.9. The van der Waals surface area contributed by atoms with Crippen molar-refractivity contribution in [3.8, 4) is 22.3 Å². The number of hydrogen-bond donors (Lipinski definition) is 0. The fourth-order valence-electron chi connectivity index (χ4n) is 4.29. The molecule has 1 heteroatoms. The second-order valence-electron chi connectivity index (χ2n) is 8.02. The van der Waals surface area contributed by atoms with Crippen molar-refractivity contribution in [1.29, 1.82) is 0 Å². The Morgan fingerprint density at radius 1 is 0.484 bits per heavy atom. The SMILES string of the molecule is Cc1ccc(N(C)c2ccccc2-c2ccccc2)c(-c2ccc3ccccc3c2)c1. The summed E-state index contributed by atoms with van der Waals surface area (Å²) in [5.41, 5.74) is 8.60. The molecule has 0 aromatic heterocycles. The zero-order valence-corrected chi connectivity index (χ0v) is 17.9. The van der Waals surface area contributed by atoms with E-state index in [0.29, 0.717) is 0 Å². The van der Waals surface area contributed by atoms with Gasteiger partial charge in [0.05, 0.1) is 0 Å². The zero-order valence-electron chi connectivity index (χ0n) is 17.9. The van der Waals surface area contributed by atoms with E-state index in [4.69, 9.17) is 0 Å². The molecule has 1 nitrogen and oxygen atoms in total. The summed E-state index contributed by atoms with van der Waals surface area (Å²) >= 11 is 0. The summed E-state index contributed by atoms with van der Waals surface area (Å²) in [7, 11) is 2.16. The minimum atomic E-state index is 1.19. The van der Waals surface area contributed by atoms with E-state index in [1.165, 1.54) is 50.0 Å². The molecule has 0 spiro atoms. The molecule has 0 atom stereocenters. The number of fused-ring (bicyclic) bond motifs is 1. The number of hydrogen-bond acceptors (Lipinski definition) is 1.